The molecule has 7 rings (SSSR count). The molecular formula is C46H41F6N3O3S2. The first kappa shape index (κ1) is 45.0. The summed E-state index contributed by atoms with van der Waals surface area (Å²) in [4.78, 5) is 2.28. The minimum atomic E-state index is -1.24. The van der Waals surface area contributed by atoms with Gasteiger partial charge in [-0.1, -0.05) is 79.7 Å². The number of hydrogen-bond donors (Lipinski definition) is 6. The summed E-state index contributed by atoms with van der Waals surface area (Å²) in [5, 5.41) is 39.5. The molecule has 0 atom stereocenters. The highest BCUT2D eigenvalue weighted by atomic mass is 32.2. The molecule has 7 aromatic carbocycles. The van der Waals surface area contributed by atoms with Gasteiger partial charge in [-0.3, -0.25) is 0 Å². The van der Waals surface area contributed by atoms with Crippen molar-refractivity contribution in [2.24, 2.45) is 0 Å². The first-order chi connectivity index (χ1) is 28.9. The largest absolute Gasteiger partial charge is 0.503 e. The number of nitrogens with one attached hydrogen (secondary N) is 3. The molecule has 0 aliphatic heterocycles. The Labute approximate surface area is 352 Å². The molecule has 6 N–H and O–H groups in total. The number of rotatable bonds is 12. The molecule has 0 heterocycles. The average Bonchev–Trinajstić information content (AvgIpc) is 3.27. The standard InChI is InChI=1S/C17H13F2NO.C15H15F2NOS.C14H13F2NOS/c18-14-8-9-15(17(21)16(14)19)20-10-12-6-3-5-11-4-1-2-7-13(11)12;1-2-20-13-6-4-3-5-10(13)9-18-12-8-7-11(16)14(17)15(12)19;1-19-10-4-2-9(3-5-10)8-17-12-7-6-11(15)13(16)14(12)18/h1-9,20-21H,10H2;3-8,18-19H,2,9H2,1H3;2-7,17-18H,8H2,1H3. The van der Waals surface area contributed by atoms with Crippen LogP contribution >= 0.6 is 23.5 Å². The van der Waals surface area contributed by atoms with Crippen LogP contribution in [0.5, 0.6) is 17.2 Å². The van der Waals surface area contributed by atoms with Gasteiger partial charge in [0.25, 0.3) is 0 Å². The summed E-state index contributed by atoms with van der Waals surface area (Å²) in [5.74, 6) is -8.02. The lowest BCUT2D eigenvalue weighted by Gasteiger charge is -2.12. The van der Waals surface area contributed by atoms with Crippen molar-refractivity contribution in [1.82, 2.24) is 0 Å². The SMILES string of the molecule is CCSc1ccccc1CNc1ccc(F)c(F)c1O.CSc1ccc(CNc2ccc(F)c(F)c2O)cc1.Oc1c(NCc2cccc3ccccc23)ccc(F)c1F. The highest BCUT2D eigenvalue weighted by Gasteiger charge is 2.15. The zero-order chi connectivity index (χ0) is 43.2. The number of aromatic hydroxyl groups is 3. The molecule has 14 heteroatoms. The molecule has 0 saturated heterocycles. The number of halogens is 6. The van der Waals surface area contributed by atoms with E-state index in [1.165, 1.54) is 18.2 Å². The molecule has 0 radical (unpaired) electrons. The van der Waals surface area contributed by atoms with Gasteiger partial charge in [-0.15, -0.1) is 23.5 Å². The zero-order valence-electron chi connectivity index (χ0n) is 32.4. The Kier molecular flexibility index (Phi) is 16.3. The van der Waals surface area contributed by atoms with E-state index in [2.05, 4.69) is 22.9 Å². The lowest BCUT2D eigenvalue weighted by Crippen LogP contribution is -2.02. The van der Waals surface area contributed by atoms with Crippen molar-refractivity contribution in [2.45, 2.75) is 36.3 Å². The predicted octanol–water partition coefficient (Wildman–Crippen LogP) is 12.8. The van der Waals surface area contributed by atoms with Crippen LogP contribution in [0.25, 0.3) is 10.8 Å². The summed E-state index contributed by atoms with van der Waals surface area (Å²) in [6, 6.07) is 36.4. The van der Waals surface area contributed by atoms with Gasteiger partial charge in [0.15, 0.2) is 34.7 Å². The molecule has 0 aromatic heterocycles. The van der Waals surface area contributed by atoms with E-state index in [9.17, 15) is 41.7 Å². The van der Waals surface area contributed by atoms with Crippen LogP contribution in [0.2, 0.25) is 0 Å². The van der Waals surface area contributed by atoms with E-state index in [0.29, 0.717) is 19.6 Å². The van der Waals surface area contributed by atoms with Crippen LogP contribution in [0.15, 0.2) is 137 Å². The second-order valence-corrected chi connectivity index (χ2v) is 15.0. The summed E-state index contributed by atoms with van der Waals surface area (Å²) in [5.41, 5.74) is 3.57. The van der Waals surface area contributed by atoms with Gasteiger partial charge in [0.1, 0.15) is 0 Å². The molecule has 7 aromatic rings. The van der Waals surface area contributed by atoms with Crippen LogP contribution in [-0.2, 0) is 19.6 Å². The van der Waals surface area contributed by atoms with Crippen LogP contribution < -0.4 is 16.0 Å². The van der Waals surface area contributed by atoms with Gasteiger partial charge in [0.2, 0.25) is 17.5 Å². The average molecular weight is 862 g/mol. The number of anilines is 3. The molecular weight excluding hydrogens is 821 g/mol. The molecule has 0 fully saturated rings. The van der Waals surface area contributed by atoms with E-state index in [-0.39, 0.29) is 17.1 Å². The Morgan fingerprint density at radius 3 is 1.47 bits per heavy atom. The van der Waals surface area contributed by atoms with Crippen LogP contribution in [0, 0.1) is 34.9 Å². The summed E-state index contributed by atoms with van der Waals surface area (Å²) >= 11 is 3.36. The molecule has 60 heavy (non-hydrogen) atoms. The highest BCUT2D eigenvalue weighted by Crippen LogP contribution is 2.32. The normalized spacial score (nSPS) is 10.6. The summed E-state index contributed by atoms with van der Waals surface area (Å²) in [7, 11) is 0. The van der Waals surface area contributed by atoms with Gasteiger partial charge >= 0.3 is 0 Å². The van der Waals surface area contributed by atoms with Crippen LogP contribution in [-0.4, -0.2) is 27.3 Å². The smallest absolute Gasteiger partial charge is 0.202 e. The Morgan fingerprint density at radius 1 is 0.483 bits per heavy atom. The zero-order valence-corrected chi connectivity index (χ0v) is 34.0. The van der Waals surface area contributed by atoms with E-state index in [0.717, 1.165) is 61.2 Å². The Bertz CT molecular complexity index is 2520. The van der Waals surface area contributed by atoms with Crippen LogP contribution in [0.3, 0.4) is 0 Å². The van der Waals surface area contributed by atoms with Crippen molar-refractivity contribution in [2.75, 3.05) is 28.0 Å². The van der Waals surface area contributed by atoms with Gasteiger partial charge in [0.05, 0.1) is 17.1 Å². The highest BCUT2D eigenvalue weighted by molar-refractivity contribution is 7.99. The maximum absolute atomic E-state index is 13.3. The lowest BCUT2D eigenvalue weighted by atomic mass is 10.0. The third-order valence-corrected chi connectivity index (χ3v) is 10.7. The van der Waals surface area contributed by atoms with E-state index >= 15 is 0 Å². The Morgan fingerprint density at radius 2 is 0.933 bits per heavy atom. The van der Waals surface area contributed by atoms with Crippen molar-refractivity contribution in [1.29, 1.82) is 0 Å². The van der Waals surface area contributed by atoms with Crippen molar-refractivity contribution in [3.63, 3.8) is 0 Å². The molecule has 0 amide bonds. The van der Waals surface area contributed by atoms with Gasteiger partial charge in [-0.05, 0) is 94.1 Å². The van der Waals surface area contributed by atoms with E-state index in [1.807, 2.05) is 97.3 Å². The first-order valence-electron chi connectivity index (χ1n) is 18.4. The third-order valence-electron chi connectivity index (χ3n) is 8.94. The minimum Gasteiger partial charge on any atom is -0.503 e. The van der Waals surface area contributed by atoms with Crippen molar-refractivity contribution < 1.29 is 41.7 Å². The maximum atomic E-state index is 13.3. The molecule has 0 bridgehead atoms. The molecule has 6 nitrogen and oxygen atoms in total. The summed E-state index contributed by atoms with van der Waals surface area (Å²) in [6.07, 6.45) is 1.99. The molecule has 0 spiro atoms. The van der Waals surface area contributed by atoms with Crippen LogP contribution in [0.1, 0.15) is 23.6 Å². The fraction of sp³-hybridized carbons (Fsp3) is 0.130. The number of benzene rings is 7. The molecule has 312 valence electrons. The second kappa shape index (κ2) is 21.8. The molecule has 0 aliphatic carbocycles. The van der Waals surface area contributed by atoms with Crippen molar-refractivity contribution in [3.05, 3.63) is 179 Å². The topological polar surface area (TPSA) is 96.8 Å². The van der Waals surface area contributed by atoms with Crippen molar-refractivity contribution >= 4 is 51.4 Å². The molecule has 0 aliphatic rings. The van der Waals surface area contributed by atoms with E-state index in [4.69, 9.17) is 0 Å². The number of phenols is 3. The number of fused-ring (bicyclic) bond motifs is 1. The second-order valence-electron chi connectivity index (χ2n) is 12.9. The van der Waals surface area contributed by atoms with Gasteiger partial charge in [-0.2, -0.15) is 13.2 Å². The van der Waals surface area contributed by atoms with Gasteiger partial charge in [-0.25, -0.2) is 13.2 Å². The monoisotopic (exact) mass is 861 g/mol. The number of hydrogen-bond acceptors (Lipinski definition) is 8. The number of thioether (sulfide) groups is 2. The van der Waals surface area contributed by atoms with Gasteiger partial charge < -0.3 is 31.3 Å². The molecule has 0 saturated carbocycles. The van der Waals surface area contributed by atoms with E-state index in [1.54, 1.807) is 23.5 Å². The summed E-state index contributed by atoms with van der Waals surface area (Å²) in [6.45, 7) is 3.32. The maximum Gasteiger partial charge on any atom is 0.202 e. The van der Waals surface area contributed by atoms with E-state index < -0.39 is 52.2 Å². The minimum absolute atomic E-state index is 0.168. The predicted molar refractivity (Wildman–Crippen MR) is 231 cm³/mol. The fourth-order valence-electron chi connectivity index (χ4n) is 5.76. The molecule has 0 unspecified atom stereocenters. The van der Waals surface area contributed by atoms with Crippen molar-refractivity contribution in [3.8, 4) is 17.2 Å². The Hall–Kier alpha value is -6.12. The van der Waals surface area contributed by atoms with Crippen LogP contribution in [0.4, 0.5) is 43.4 Å². The quantitative estimate of drug-likeness (QED) is 0.0411. The summed E-state index contributed by atoms with van der Waals surface area (Å²) < 4.78 is 78.4. The fourth-order valence-corrected chi connectivity index (χ4v) is 6.98. The lowest BCUT2D eigenvalue weighted by molar-refractivity contribution is 0.408. The third kappa shape index (κ3) is 11.8. The first-order valence-corrected chi connectivity index (χ1v) is 20.7. The van der Waals surface area contributed by atoms with Gasteiger partial charge in [0, 0.05) is 29.4 Å². The number of phenolic OH excluding ortho intramolecular Hbond substituents is 3. The Balaban J connectivity index is 0.000000171.